The van der Waals surface area contributed by atoms with Gasteiger partial charge in [-0.05, 0) is 37.8 Å². The van der Waals surface area contributed by atoms with Crippen LogP contribution in [0.5, 0.6) is 0 Å². The van der Waals surface area contributed by atoms with Crippen molar-refractivity contribution in [1.82, 2.24) is 0 Å². The Balaban J connectivity index is 2.21. The van der Waals surface area contributed by atoms with Crippen LogP contribution in [0.15, 0.2) is 85.0 Å². The van der Waals surface area contributed by atoms with Crippen molar-refractivity contribution in [2.75, 3.05) is 0 Å². The largest absolute Gasteiger partial charge is 0.460 e. The number of esters is 2. The average molecular weight is 392 g/mol. The Bertz CT molecular complexity index is 778. The summed E-state index contributed by atoms with van der Waals surface area (Å²) < 4.78 is 11.1. The second-order valence-corrected chi connectivity index (χ2v) is 7.18. The molecule has 0 unspecified atom stereocenters. The molecule has 2 rings (SSSR count). The molecule has 2 aromatic carbocycles. The standard InChI is InChI=1S/C25H28O4/c1-4-16-25(17-15-20(2)3,23(26)28-18-21-11-7-5-8-12-21)24(27)29-19-22-13-9-6-10-14-22/h4-15H,1,16-19H2,2-3H3. The van der Waals surface area contributed by atoms with Crippen molar-refractivity contribution in [1.29, 1.82) is 0 Å². The molecule has 29 heavy (non-hydrogen) atoms. The van der Waals surface area contributed by atoms with E-state index in [1.54, 1.807) is 6.08 Å². The lowest BCUT2D eigenvalue weighted by atomic mass is 9.80. The van der Waals surface area contributed by atoms with Crippen LogP contribution in [0.3, 0.4) is 0 Å². The van der Waals surface area contributed by atoms with Crippen LogP contribution in [-0.2, 0) is 32.3 Å². The van der Waals surface area contributed by atoms with Crippen LogP contribution in [0.4, 0.5) is 0 Å². The fraction of sp³-hybridized carbons (Fsp3) is 0.280. The third kappa shape index (κ3) is 6.46. The van der Waals surface area contributed by atoms with Gasteiger partial charge in [0.2, 0.25) is 0 Å². The van der Waals surface area contributed by atoms with Gasteiger partial charge in [0.1, 0.15) is 13.2 Å². The second-order valence-electron chi connectivity index (χ2n) is 7.18. The van der Waals surface area contributed by atoms with Gasteiger partial charge in [-0.2, -0.15) is 0 Å². The topological polar surface area (TPSA) is 52.6 Å². The molecule has 0 bridgehead atoms. The minimum Gasteiger partial charge on any atom is -0.460 e. The minimum absolute atomic E-state index is 0.0966. The molecule has 0 aromatic heterocycles. The Labute approximate surface area is 172 Å². The predicted octanol–water partition coefficient (Wildman–Crippen LogP) is 5.39. The van der Waals surface area contributed by atoms with Gasteiger partial charge in [-0.25, -0.2) is 0 Å². The maximum Gasteiger partial charge on any atom is 0.324 e. The van der Waals surface area contributed by atoms with Crippen molar-refractivity contribution in [2.24, 2.45) is 5.41 Å². The Hall–Kier alpha value is -3.14. The predicted molar refractivity (Wildman–Crippen MR) is 114 cm³/mol. The lowest BCUT2D eigenvalue weighted by molar-refractivity contribution is -0.174. The molecular formula is C25H28O4. The van der Waals surface area contributed by atoms with E-state index in [2.05, 4.69) is 6.58 Å². The number of carbonyl (C=O) groups excluding carboxylic acids is 2. The van der Waals surface area contributed by atoms with E-state index in [9.17, 15) is 9.59 Å². The zero-order valence-electron chi connectivity index (χ0n) is 17.1. The van der Waals surface area contributed by atoms with Gasteiger partial charge < -0.3 is 9.47 Å². The van der Waals surface area contributed by atoms with E-state index in [1.165, 1.54) is 0 Å². The number of carbonyl (C=O) groups is 2. The molecule has 0 N–H and O–H groups in total. The van der Waals surface area contributed by atoms with Crippen LogP contribution in [0.2, 0.25) is 0 Å². The lowest BCUT2D eigenvalue weighted by Gasteiger charge is -2.27. The molecule has 0 radical (unpaired) electrons. The zero-order valence-corrected chi connectivity index (χ0v) is 17.1. The summed E-state index contributed by atoms with van der Waals surface area (Å²) in [6.45, 7) is 7.77. The first-order valence-electron chi connectivity index (χ1n) is 9.64. The molecule has 2 aromatic rings. The molecule has 0 saturated carbocycles. The maximum atomic E-state index is 13.1. The highest BCUT2D eigenvalue weighted by Crippen LogP contribution is 2.33. The normalized spacial score (nSPS) is 10.7. The van der Waals surface area contributed by atoms with Gasteiger partial charge in [0.25, 0.3) is 0 Å². The summed E-state index contributed by atoms with van der Waals surface area (Å²) in [7, 11) is 0. The van der Waals surface area contributed by atoms with Crippen molar-refractivity contribution in [3.63, 3.8) is 0 Å². The molecule has 0 fully saturated rings. The lowest BCUT2D eigenvalue weighted by Crippen LogP contribution is -2.41. The van der Waals surface area contributed by atoms with E-state index in [4.69, 9.17) is 9.47 Å². The number of rotatable bonds is 10. The molecule has 0 amide bonds. The van der Waals surface area contributed by atoms with Crippen LogP contribution in [0.25, 0.3) is 0 Å². The monoisotopic (exact) mass is 392 g/mol. The highest BCUT2D eigenvalue weighted by molar-refractivity contribution is 6.00. The Morgan fingerprint density at radius 3 is 1.66 bits per heavy atom. The molecular weight excluding hydrogens is 364 g/mol. The SMILES string of the molecule is C=CCC(CC=C(C)C)(C(=O)OCc1ccccc1)C(=O)OCc1ccccc1. The van der Waals surface area contributed by atoms with Gasteiger partial charge in [0.05, 0.1) is 0 Å². The molecule has 0 heterocycles. The summed E-state index contributed by atoms with van der Waals surface area (Å²) in [5, 5.41) is 0. The van der Waals surface area contributed by atoms with Gasteiger partial charge in [0, 0.05) is 0 Å². The molecule has 4 nitrogen and oxygen atoms in total. The zero-order chi connectivity index (χ0) is 21.1. The molecule has 4 heteroatoms. The van der Waals surface area contributed by atoms with Crippen molar-refractivity contribution < 1.29 is 19.1 Å². The summed E-state index contributed by atoms with van der Waals surface area (Å²) in [6, 6.07) is 18.7. The maximum absolute atomic E-state index is 13.1. The second kappa shape index (κ2) is 11.0. The number of hydrogen-bond donors (Lipinski definition) is 0. The highest BCUT2D eigenvalue weighted by Gasteiger charge is 2.47. The van der Waals surface area contributed by atoms with Crippen LogP contribution < -0.4 is 0 Å². The summed E-state index contributed by atoms with van der Waals surface area (Å²) in [5.41, 5.74) is 1.26. The Morgan fingerprint density at radius 1 is 0.828 bits per heavy atom. The summed E-state index contributed by atoms with van der Waals surface area (Å²) >= 11 is 0. The average Bonchev–Trinajstić information content (AvgIpc) is 2.74. The van der Waals surface area contributed by atoms with E-state index >= 15 is 0 Å². The fourth-order valence-electron chi connectivity index (χ4n) is 2.85. The van der Waals surface area contributed by atoms with Crippen LogP contribution in [-0.4, -0.2) is 11.9 Å². The number of ether oxygens (including phenoxy) is 2. The Morgan fingerprint density at radius 2 is 1.28 bits per heavy atom. The summed E-state index contributed by atoms with van der Waals surface area (Å²) in [5.74, 6) is -1.20. The van der Waals surface area contributed by atoms with Crippen molar-refractivity contribution >= 4 is 11.9 Å². The number of hydrogen-bond acceptors (Lipinski definition) is 4. The minimum atomic E-state index is -1.46. The fourth-order valence-corrected chi connectivity index (χ4v) is 2.85. The quantitative estimate of drug-likeness (QED) is 0.309. The Kier molecular flexibility index (Phi) is 8.41. The first-order chi connectivity index (χ1) is 14.0. The van der Waals surface area contributed by atoms with E-state index in [-0.39, 0.29) is 26.1 Å². The number of allylic oxidation sites excluding steroid dienone is 3. The van der Waals surface area contributed by atoms with Crippen LogP contribution in [0, 0.1) is 5.41 Å². The van der Waals surface area contributed by atoms with Gasteiger partial charge in [0.15, 0.2) is 5.41 Å². The highest BCUT2D eigenvalue weighted by atomic mass is 16.6. The molecule has 0 saturated heterocycles. The number of benzene rings is 2. The van der Waals surface area contributed by atoms with Gasteiger partial charge in [-0.15, -0.1) is 6.58 Å². The van der Waals surface area contributed by atoms with Crippen molar-refractivity contribution in [3.8, 4) is 0 Å². The smallest absolute Gasteiger partial charge is 0.324 e. The van der Waals surface area contributed by atoms with Crippen LogP contribution >= 0.6 is 0 Å². The molecule has 152 valence electrons. The van der Waals surface area contributed by atoms with Gasteiger partial charge >= 0.3 is 11.9 Å². The van der Waals surface area contributed by atoms with E-state index < -0.39 is 17.4 Å². The summed E-state index contributed by atoms with van der Waals surface area (Å²) in [6.07, 6.45) is 3.75. The first kappa shape index (κ1) is 22.2. The van der Waals surface area contributed by atoms with Gasteiger partial charge in [-0.3, -0.25) is 9.59 Å². The molecule has 0 aliphatic carbocycles. The van der Waals surface area contributed by atoms with Crippen LogP contribution in [0.1, 0.15) is 37.8 Å². The molecule has 0 atom stereocenters. The van der Waals surface area contributed by atoms with E-state index in [0.29, 0.717) is 0 Å². The van der Waals surface area contributed by atoms with E-state index in [0.717, 1.165) is 16.7 Å². The summed E-state index contributed by atoms with van der Waals surface area (Å²) in [4.78, 5) is 26.2. The third-order valence-corrected chi connectivity index (χ3v) is 4.56. The van der Waals surface area contributed by atoms with E-state index in [1.807, 2.05) is 80.6 Å². The van der Waals surface area contributed by atoms with Gasteiger partial charge in [-0.1, -0.05) is 78.4 Å². The van der Waals surface area contributed by atoms with Crippen molar-refractivity contribution in [2.45, 2.75) is 39.9 Å². The third-order valence-electron chi connectivity index (χ3n) is 4.56. The first-order valence-corrected chi connectivity index (χ1v) is 9.64. The molecule has 0 aliphatic rings. The molecule has 0 spiro atoms. The molecule has 0 aliphatic heterocycles. The van der Waals surface area contributed by atoms with Crippen molar-refractivity contribution in [3.05, 3.63) is 96.1 Å².